The first-order valence-corrected chi connectivity index (χ1v) is 6.18. The second-order valence-electron chi connectivity index (χ2n) is 4.57. The fraction of sp³-hybridized carbons (Fsp3) is 0.214. The van der Waals surface area contributed by atoms with Crippen LogP contribution in [0.1, 0.15) is 17.4 Å². The van der Waals surface area contributed by atoms with Gasteiger partial charge in [-0.3, -0.25) is 9.67 Å². The average Bonchev–Trinajstić information content (AvgIpc) is 2.83. The van der Waals surface area contributed by atoms with Crippen LogP contribution in [0.4, 0.5) is 0 Å². The van der Waals surface area contributed by atoms with Crippen LogP contribution in [0, 0.1) is 0 Å². The highest BCUT2D eigenvalue weighted by molar-refractivity contribution is 5.73. The number of para-hydroxylation sites is 2. The Morgan fingerprint density at radius 3 is 2.74 bits per heavy atom. The van der Waals surface area contributed by atoms with E-state index in [4.69, 9.17) is 5.73 Å². The summed E-state index contributed by atoms with van der Waals surface area (Å²) in [6, 6.07) is 9.56. The zero-order valence-electron chi connectivity index (χ0n) is 10.7. The van der Waals surface area contributed by atoms with E-state index in [0.29, 0.717) is 6.42 Å². The summed E-state index contributed by atoms with van der Waals surface area (Å²) in [6.45, 7) is 0. The number of aromatic nitrogens is 4. The second-order valence-corrected chi connectivity index (χ2v) is 4.57. The van der Waals surface area contributed by atoms with E-state index < -0.39 is 0 Å². The van der Waals surface area contributed by atoms with Gasteiger partial charge in [-0.15, -0.1) is 0 Å². The Bertz CT molecular complexity index is 704. The number of hydrogen-bond donors (Lipinski definition) is 1. The van der Waals surface area contributed by atoms with Gasteiger partial charge in [-0.25, -0.2) is 4.98 Å². The van der Waals surface area contributed by atoms with Gasteiger partial charge in [0.1, 0.15) is 0 Å². The Labute approximate surface area is 111 Å². The topological polar surface area (TPSA) is 69.6 Å². The zero-order valence-corrected chi connectivity index (χ0v) is 10.7. The number of rotatable bonds is 3. The highest BCUT2D eigenvalue weighted by Crippen LogP contribution is 2.15. The first-order valence-electron chi connectivity index (χ1n) is 6.18. The quantitative estimate of drug-likeness (QED) is 0.769. The molecule has 3 rings (SSSR count). The molecule has 0 bridgehead atoms. The molecule has 0 amide bonds. The summed E-state index contributed by atoms with van der Waals surface area (Å²) in [6.07, 6.45) is 4.32. The number of benzene rings is 1. The molecule has 2 aromatic heterocycles. The average molecular weight is 253 g/mol. The van der Waals surface area contributed by atoms with Crippen molar-refractivity contribution in [3.05, 3.63) is 54.1 Å². The van der Waals surface area contributed by atoms with Crippen molar-refractivity contribution in [1.82, 2.24) is 19.7 Å². The molecule has 5 heteroatoms. The molecule has 0 saturated heterocycles. The molecular formula is C14H15N5. The van der Waals surface area contributed by atoms with Gasteiger partial charge in [0, 0.05) is 19.7 Å². The van der Waals surface area contributed by atoms with Crippen LogP contribution in [-0.2, 0) is 13.5 Å². The van der Waals surface area contributed by atoms with Crippen LogP contribution < -0.4 is 5.73 Å². The van der Waals surface area contributed by atoms with Crippen molar-refractivity contribution in [2.75, 3.05) is 0 Å². The van der Waals surface area contributed by atoms with Gasteiger partial charge in [-0.2, -0.15) is 5.10 Å². The van der Waals surface area contributed by atoms with Crippen molar-refractivity contribution in [2.24, 2.45) is 12.8 Å². The normalized spacial score (nSPS) is 12.7. The number of aryl methyl sites for hydroxylation is 1. The fourth-order valence-electron chi connectivity index (χ4n) is 2.05. The first kappa shape index (κ1) is 11.8. The zero-order chi connectivity index (χ0) is 13.2. The molecule has 0 radical (unpaired) electrons. The molecule has 0 aliphatic heterocycles. The van der Waals surface area contributed by atoms with E-state index in [9.17, 15) is 0 Å². The summed E-state index contributed by atoms with van der Waals surface area (Å²) in [4.78, 5) is 8.94. The van der Waals surface area contributed by atoms with Gasteiger partial charge in [-0.05, 0) is 18.2 Å². The van der Waals surface area contributed by atoms with Crippen molar-refractivity contribution < 1.29 is 0 Å². The molecule has 19 heavy (non-hydrogen) atoms. The van der Waals surface area contributed by atoms with Gasteiger partial charge in [0.2, 0.25) is 0 Å². The fourth-order valence-corrected chi connectivity index (χ4v) is 2.05. The lowest BCUT2D eigenvalue weighted by Gasteiger charge is -2.09. The molecule has 0 saturated carbocycles. The van der Waals surface area contributed by atoms with Crippen LogP contribution in [0.15, 0.2) is 42.7 Å². The molecule has 0 spiro atoms. The largest absolute Gasteiger partial charge is 0.322 e. The van der Waals surface area contributed by atoms with E-state index in [0.717, 1.165) is 22.4 Å². The highest BCUT2D eigenvalue weighted by atomic mass is 15.2. The molecule has 0 aliphatic carbocycles. The minimum Gasteiger partial charge on any atom is -0.322 e. The summed E-state index contributed by atoms with van der Waals surface area (Å²) in [5.74, 6) is 0. The van der Waals surface area contributed by atoms with Crippen molar-refractivity contribution in [1.29, 1.82) is 0 Å². The Morgan fingerprint density at radius 2 is 2.00 bits per heavy atom. The predicted octanol–water partition coefficient (Wildman–Crippen LogP) is 1.61. The second kappa shape index (κ2) is 4.78. The maximum Gasteiger partial charge on any atom is 0.0890 e. The highest BCUT2D eigenvalue weighted by Gasteiger charge is 2.11. The van der Waals surface area contributed by atoms with Crippen LogP contribution in [0.5, 0.6) is 0 Å². The predicted molar refractivity (Wildman–Crippen MR) is 73.4 cm³/mol. The number of nitrogens with two attached hydrogens (primary N) is 1. The Hall–Kier alpha value is -2.27. The van der Waals surface area contributed by atoms with Crippen LogP contribution >= 0.6 is 0 Å². The molecule has 1 unspecified atom stereocenters. The molecule has 5 nitrogen and oxygen atoms in total. The Morgan fingerprint density at radius 1 is 1.21 bits per heavy atom. The van der Waals surface area contributed by atoms with Crippen molar-refractivity contribution >= 4 is 11.0 Å². The van der Waals surface area contributed by atoms with E-state index in [1.807, 2.05) is 43.6 Å². The monoisotopic (exact) mass is 253 g/mol. The van der Waals surface area contributed by atoms with Crippen LogP contribution in [0.2, 0.25) is 0 Å². The standard InChI is InChI=1S/C14H15N5/c1-19-7-6-10(18-19)8-11(15)14-9-16-12-4-2-3-5-13(12)17-14/h2-7,9,11H,8,15H2,1H3. The van der Waals surface area contributed by atoms with Gasteiger partial charge in [0.25, 0.3) is 0 Å². The number of fused-ring (bicyclic) bond motifs is 1. The van der Waals surface area contributed by atoms with Gasteiger partial charge in [0.15, 0.2) is 0 Å². The minimum absolute atomic E-state index is 0.188. The Balaban J connectivity index is 1.86. The van der Waals surface area contributed by atoms with Gasteiger partial charge >= 0.3 is 0 Å². The lowest BCUT2D eigenvalue weighted by Crippen LogP contribution is -2.15. The van der Waals surface area contributed by atoms with Crippen LogP contribution in [0.3, 0.4) is 0 Å². The molecule has 0 fully saturated rings. The molecule has 2 heterocycles. The Kier molecular flexibility index (Phi) is 2.97. The van der Waals surface area contributed by atoms with E-state index in [-0.39, 0.29) is 6.04 Å². The smallest absolute Gasteiger partial charge is 0.0890 e. The minimum atomic E-state index is -0.188. The third kappa shape index (κ3) is 2.46. The molecule has 1 atom stereocenters. The van der Waals surface area contributed by atoms with Gasteiger partial charge in [0.05, 0.1) is 34.7 Å². The third-order valence-corrected chi connectivity index (χ3v) is 3.04. The van der Waals surface area contributed by atoms with E-state index >= 15 is 0 Å². The maximum atomic E-state index is 6.18. The molecule has 2 N–H and O–H groups in total. The third-order valence-electron chi connectivity index (χ3n) is 3.04. The summed E-state index contributed by atoms with van der Waals surface area (Å²) < 4.78 is 1.77. The van der Waals surface area contributed by atoms with Crippen molar-refractivity contribution in [2.45, 2.75) is 12.5 Å². The SMILES string of the molecule is Cn1ccc(CC(N)c2cnc3ccccc3n2)n1. The lowest BCUT2D eigenvalue weighted by atomic mass is 10.1. The maximum absolute atomic E-state index is 6.18. The van der Waals surface area contributed by atoms with E-state index in [1.54, 1.807) is 10.9 Å². The lowest BCUT2D eigenvalue weighted by molar-refractivity contribution is 0.660. The van der Waals surface area contributed by atoms with Crippen molar-refractivity contribution in [3.8, 4) is 0 Å². The summed E-state index contributed by atoms with van der Waals surface area (Å²) in [5.41, 5.74) is 9.69. The number of nitrogens with zero attached hydrogens (tertiary/aromatic N) is 4. The molecule has 96 valence electrons. The number of hydrogen-bond acceptors (Lipinski definition) is 4. The van der Waals surface area contributed by atoms with Crippen molar-refractivity contribution in [3.63, 3.8) is 0 Å². The van der Waals surface area contributed by atoms with E-state index in [2.05, 4.69) is 15.1 Å². The molecule has 1 aromatic carbocycles. The molecule has 0 aliphatic rings. The van der Waals surface area contributed by atoms with Gasteiger partial charge < -0.3 is 5.73 Å². The van der Waals surface area contributed by atoms with Crippen LogP contribution in [0.25, 0.3) is 11.0 Å². The van der Waals surface area contributed by atoms with Crippen LogP contribution in [-0.4, -0.2) is 19.7 Å². The summed E-state index contributed by atoms with van der Waals surface area (Å²) in [5, 5.41) is 4.33. The van der Waals surface area contributed by atoms with E-state index in [1.165, 1.54) is 0 Å². The summed E-state index contributed by atoms with van der Waals surface area (Å²) in [7, 11) is 1.89. The first-order chi connectivity index (χ1) is 9.22. The van der Waals surface area contributed by atoms with Gasteiger partial charge in [-0.1, -0.05) is 12.1 Å². The molecule has 3 aromatic rings. The molecular weight excluding hydrogens is 238 g/mol. The summed E-state index contributed by atoms with van der Waals surface area (Å²) >= 11 is 0.